The number of benzene rings is 2. The maximum Gasteiger partial charge on any atom is 0.133 e. The molecule has 18 heavy (non-hydrogen) atoms. The van der Waals surface area contributed by atoms with Crippen molar-refractivity contribution in [3.63, 3.8) is 0 Å². The quantitative estimate of drug-likeness (QED) is 0.816. The van der Waals surface area contributed by atoms with Gasteiger partial charge in [-0.05, 0) is 12.1 Å². The zero-order chi connectivity index (χ0) is 13.0. The Bertz CT molecular complexity index is 506. The lowest BCUT2D eigenvalue weighted by Crippen LogP contribution is -2.22. The van der Waals surface area contributed by atoms with Crippen LogP contribution in [0.25, 0.3) is 0 Å². The number of hydrogen-bond donors (Lipinski definition) is 2. The molecule has 0 saturated carbocycles. The molecule has 0 aliphatic carbocycles. The summed E-state index contributed by atoms with van der Waals surface area (Å²) in [4.78, 5) is 0. The second-order valence-corrected chi connectivity index (χ2v) is 3.69. The number of para-hydroxylation sites is 1. The summed E-state index contributed by atoms with van der Waals surface area (Å²) in [5.41, 5.74) is 6.01. The van der Waals surface area contributed by atoms with Gasteiger partial charge in [0.25, 0.3) is 0 Å². The Labute approximate surface area is 102 Å². The van der Waals surface area contributed by atoms with Gasteiger partial charge in [0.2, 0.25) is 0 Å². The van der Waals surface area contributed by atoms with Gasteiger partial charge in [0, 0.05) is 29.9 Å². The number of halogens is 3. The molecule has 0 aromatic heterocycles. The molecule has 0 amide bonds. The molecular formula is C13H11F3N2. The molecule has 0 saturated heterocycles. The lowest BCUT2D eigenvalue weighted by atomic mass is 10.2. The van der Waals surface area contributed by atoms with E-state index in [1.807, 2.05) is 18.2 Å². The molecule has 0 atom stereocenters. The first-order chi connectivity index (χ1) is 8.66. The SMILES string of the molecule is Fc1cc(F)c(CNNc2ccccc2)c(F)c1. The summed E-state index contributed by atoms with van der Waals surface area (Å²) >= 11 is 0. The molecule has 0 radical (unpaired) electrons. The van der Waals surface area contributed by atoms with E-state index in [0.29, 0.717) is 12.1 Å². The van der Waals surface area contributed by atoms with Crippen molar-refractivity contribution < 1.29 is 13.2 Å². The van der Waals surface area contributed by atoms with E-state index in [9.17, 15) is 13.2 Å². The molecule has 0 heterocycles. The topological polar surface area (TPSA) is 24.1 Å². The van der Waals surface area contributed by atoms with Gasteiger partial charge in [-0.15, -0.1) is 0 Å². The second kappa shape index (κ2) is 5.55. The van der Waals surface area contributed by atoms with E-state index in [2.05, 4.69) is 10.9 Å². The highest BCUT2D eigenvalue weighted by Crippen LogP contribution is 2.14. The number of hydrazine groups is 1. The summed E-state index contributed by atoms with van der Waals surface area (Å²) in [5.74, 6) is -2.74. The van der Waals surface area contributed by atoms with Crippen molar-refractivity contribution >= 4 is 5.69 Å². The maximum atomic E-state index is 13.3. The van der Waals surface area contributed by atoms with Crippen molar-refractivity contribution in [1.29, 1.82) is 0 Å². The summed E-state index contributed by atoms with van der Waals surface area (Å²) in [6.45, 7) is -0.0904. The Morgan fingerprint density at radius 3 is 2.11 bits per heavy atom. The third-order valence-electron chi connectivity index (χ3n) is 2.38. The second-order valence-electron chi connectivity index (χ2n) is 3.69. The standard InChI is InChI=1S/C13H11F3N2/c14-9-6-12(15)11(13(16)7-9)8-17-18-10-4-2-1-3-5-10/h1-7,17-18H,8H2. The molecule has 2 N–H and O–H groups in total. The zero-order valence-corrected chi connectivity index (χ0v) is 9.38. The summed E-state index contributed by atoms with van der Waals surface area (Å²) < 4.78 is 39.3. The van der Waals surface area contributed by atoms with Gasteiger partial charge >= 0.3 is 0 Å². The minimum atomic E-state index is -0.926. The van der Waals surface area contributed by atoms with Gasteiger partial charge in [0.15, 0.2) is 0 Å². The molecule has 0 aliphatic rings. The summed E-state index contributed by atoms with van der Waals surface area (Å²) in [6, 6.07) is 10.4. The summed E-state index contributed by atoms with van der Waals surface area (Å²) in [6.07, 6.45) is 0. The van der Waals surface area contributed by atoms with Crippen LogP contribution in [-0.4, -0.2) is 0 Å². The normalized spacial score (nSPS) is 10.4. The third kappa shape index (κ3) is 3.01. The fourth-order valence-corrected chi connectivity index (χ4v) is 1.50. The van der Waals surface area contributed by atoms with E-state index in [1.165, 1.54) is 0 Å². The van der Waals surface area contributed by atoms with Gasteiger partial charge in [0.1, 0.15) is 17.5 Å². The average molecular weight is 252 g/mol. The predicted octanol–water partition coefficient (Wildman–Crippen LogP) is 3.22. The first kappa shape index (κ1) is 12.4. The smallest absolute Gasteiger partial charge is 0.133 e. The van der Waals surface area contributed by atoms with E-state index < -0.39 is 17.5 Å². The molecular weight excluding hydrogens is 241 g/mol. The van der Waals surface area contributed by atoms with E-state index in [-0.39, 0.29) is 12.1 Å². The lowest BCUT2D eigenvalue weighted by Gasteiger charge is -2.09. The molecule has 0 spiro atoms. The molecule has 5 heteroatoms. The monoisotopic (exact) mass is 252 g/mol. The number of rotatable bonds is 4. The number of nitrogens with one attached hydrogen (secondary N) is 2. The van der Waals surface area contributed by atoms with Gasteiger partial charge in [-0.2, -0.15) is 0 Å². The van der Waals surface area contributed by atoms with Crippen LogP contribution in [0.4, 0.5) is 18.9 Å². The number of hydrogen-bond acceptors (Lipinski definition) is 2. The fraction of sp³-hybridized carbons (Fsp3) is 0.0769. The van der Waals surface area contributed by atoms with Crippen LogP contribution in [-0.2, 0) is 6.54 Å². The van der Waals surface area contributed by atoms with Crippen molar-refractivity contribution in [2.75, 3.05) is 5.43 Å². The van der Waals surface area contributed by atoms with Crippen LogP contribution in [0.15, 0.2) is 42.5 Å². The van der Waals surface area contributed by atoms with Gasteiger partial charge in [-0.25, -0.2) is 18.6 Å². The maximum absolute atomic E-state index is 13.3. The first-order valence-corrected chi connectivity index (χ1v) is 5.34. The van der Waals surface area contributed by atoms with E-state index in [1.54, 1.807) is 12.1 Å². The van der Waals surface area contributed by atoms with Crippen LogP contribution < -0.4 is 10.9 Å². The fourth-order valence-electron chi connectivity index (χ4n) is 1.50. The first-order valence-electron chi connectivity index (χ1n) is 5.34. The van der Waals surface area contributed by atoms with Crippen molar-refractivity contribution in [3.8, 4) is 0 Å². The Kier molecular flexibility index (Phi) is 3.84. The van der Waals surface area contributed by atoms with E-state index in [0.717, 1.165) is 5.69 Å². The van der Waals surface area contributed by atoms with Crippen LogP contribution in [0.3, 0.4) is 0 Å². The van der Waals surface area contributed by atoms with Gasteiger partial charge < -0.3 is 5.43 Å². The lowest BCUT2D eigenvalue weighted by molar-refractivity contribution is 0.517. The molecule has 0 fully saturated rings. The van der Waals surface area contributed by atoms with E-state index >= 15 is 0 Å². The molecule has 94 valence electrons. The van der Waals surface area contributed by atoms with Crippen molar-refractivity contribution in [1.82, 2.24) is 5.43 Å². The molecule has 2 nitrogen and oxygen atoms in total. The highest BCUT2D eigenvalue weighted by atomic mass is 19.1. The Balaban J connectivity index is 1.99. The molecule has 0 bridgehead atoms. The average Bonchev–Trinajstić information content (AvgIpc) is 2.34. The van der Waals surface area contributed by atoms with Crippen molar-refractivity contribution in [2.45, 2.75) is 6.54 Å². The molecule has 0 aliphatic heterocycles. The van der Waals surface area contributed by atoms with Crippen molar-refractivity contribution in [3.05, 3.63) is 65.5 Å². The third-order valence-corrected chi connectivity index (χ3v) is 2.38. The van der Waals surface area contributed by atoms with Crippen LogP contribution in [0.1, 0.15) is 5.56 Å². The highest BCUT2D eigenvalue weighted by Gasteiger charge is 2.10. The molecule has 2 rings (SSSR count). The highest BCUT2D eigenvalue weighted by molar-refractivity contribution is 5.41. The summed E-state index contributed by atoms with van der Waals surface area (Å²) in [7, 11) is 0. The van der Waals surface area contributed by atoms with E-state index in [4.69, 9.17) is 0 Å². The van der Waals surface area contributed by atoms with Gasteiger partial charge in [-0.3, -0.25) is 0 Å². The van der Waals surface area contributed by atoms with Crippen LogP contribution in [0.2, 0.25) is 0 Å². The van der Waals surface area contributed by atoms with Crippen LogP contribution in [0, 0.1) is 17.5 Å². The van der Waals surface area contributed by atoms with Crippen molar-refractivity contribution in [2.24, 2.45) is 0 Å². The Morgan fingerprint density at radius 2 is 1.50 bits per heavy atom. The molecule has 2 aromatic rings. The van der Waals surface area contributed by atoms with Gasteiger partial charge in [0.05, 0.1) is 0 Å². The Morgan fingerprint density at radius 1 is 0.889 bits per heavy atom. The predicted molar refractivity (Wildman–Crippen MR) is 63.2 cm³/mol. The minimum Gasteiger partial charge on any atom is -0.321 e. The molecule has 0 unspecified atom stereocenters. The Hall–Kier alpha value is -2.01. The summed E-state index contributed by atoms with van der Waals surface area (Å²) in [5, 5.41) is 0. The van der Waals surface area contributed by atoms with Crippen LogP contribution >= 0.6 is 0 Å². The largest absolute Gasteiger partial charge is 0.321 e. The zero-order valence-electron chi connectivity index (χ0n) is 9.38. The van der Waals surface area contributed by atoms with Crippen LogP contribution in [0.5, 0.6) is 0 Å². The number of anilines is 1. The van der Waals surface area contributed by atoms with Gasteiger partial charge in [-0.1, -0.05) is 18.2 Å². The molecule has 2 aromatic carbocycles. The minimum absolute atomic E-state index is 0.0904.